The Morgan fingerprint density at radius 3 is 2.76 bits per heavy atom. The number of β-lactam (4-membered cyclic amide) rings is 1. The number of hydrogen-bond acceptors (Lipinski definition) is 7. The van der Waals surface area contributed by atoms with E-state index in [9.17, 15) is 19.7 Å². The molecule has 0 saturated carbocycles. The standard InChI is InChI=1S/C14H12N6O5/c15-6-5-11-7-12(21)19(11)13(17-18-16)14(22)25-8-9-1-3-10(4-2-9)20(23)24/h1-4,11,13H,5,7-8H2. The Morgan fingerprint density at radius 1 is 1.56 bits per heavy atom. The van der Waals surface area contributed by atoms with Gasteiger partial charge in [-0.1, -0.05) is 5.11 Å². The summed E-state index contributed by atoms with van der Waals surface area (Å²) in [5.74, 6) is -1.35. The molecule has 0 aromatic heterocycles. The summed E-state index contributed by atoms with van der Waals surface area (Å²) in [5.41, 5.74) is 8.99. The summed E-state index contributed by atoms with van der Waals surface area (Å²) < 4.78 is 5.02. The number of carbonyl (C=O) groups is 2. The Bertz CT molecular complexity index is 780. The SMILES string of the molecule is N#CCC1CC(=O)N1C(N=[N+]=[N-])C(=O)OCc1ccc([N+](=O)[O-])cc1. The molecule has 1 heterocycles. The van der Waals surface area contributed by atoms with Gasteiger partial charge in [0.1, 0.15) is 6.61 Å². The van der Waals surface area contributed by atoms with Gasteiger partial charge in [0, 0.05) is 23.5 Å². The number of rotatable bonds is 7. The lowest BCUT2D eigenvalue weighted by Gasteiger charge is -2.41. The quantitative estimate of drug-likeness (QED) is 0.139. The Morgan fingerprint density at radius 2 is 2.24 bits per heavy atom. The molecule has 0 spiro atoms. The number of amides is 1. The number of nitro benzene ring substituents is 1. The summed E-state index contributed by atoms with van der Waals surface area (Å²) >= 11 is 0. The van der Waals surface area contributed by atoms with Crippen molar-refractivity contribution in [2.75, 3.05) is 0 Å². The van der Waals surface area contributed by atoms with Crippen LogP contribution in [-0.4, -0.2) is 33.9 Å². The number of nitro groups is 1. The molecule has 2 atom stereocenters. The molecule has 25 heavy (non-hydrogen) atoms. The summed E-state index contributed by atoms with van der Waals surface area (Å²) in [7, 11) is 0. The Labute approximate surface area is 141 Å². The second-order valence-electron chi connectivity index (χ2n) is 5.13. The zero-order valence-electron chi connectivity index (χ0n) is 12.8. The maximum atomic E-state index is 12.1. The Kier molecular flexibility index (Phi) is 5.50. The fraction of sp³-hybridized carbons (Fsp3) is 0.357. The van der Waals surface area contributed by atoms with Gasteiger partial charge in [0.25, 0.3) is 5.69 Å². The molecule has 2 rings (SSSR count). The Hall–Kier alpha value is -3.64. The number of azide groups is 1. The van der Waals surface area contributed by atoms with Crippen LogP contribution in [0.4, 0.5) is 5.69 Å². The first-order valence-corrected chi connectivity index (χ1v) is 7.10. The van der Waals surface area contributed by atoms with Crippen LogP contribution in [0.5, 0.6) is 0 Å². The largest absolute Gasteiger partial charge is 0.459 e. The highest BCUT2D eigenvalue weighted by atomic mass is 16.6. The first kappa shape index (κ1) is 17.7. The molecule has 11 nitrogen and oxygen atoms in total. The van der Waals surface area contributed by atoms with Gasteiger partial charge >= 0.3 is 5.97 Å². The Balaban J connectivity index is 2.03. The number of non-ortho nitro benzene ring substituents is 1. The van der Waals surface area contributed by atoms with Crippen LogP contribution in [0.3, 0.4) is 0 Å². The van der Waals surface area contributed by atoms with Crippen LogP contribution in [-0.2, 0) is 20.9 Å². The molecule has 1 fully saturated rings. The predicted octanol–water partition coefficient (Wildman–Crippen LogP) is 1.79. The monoisotopic (exact) mass is 344 g/mol. The summed E-state index contributed by atoms with van der Waals surface area (Å²) in [4.78, 5) is 37.4. The maximum Gasteiger partial charge on any atom is 0.335 e. The minimum Gasteiger partial charge on any atom is -0.459 e. The maximum absolute atomic E-state index is 12.1. The molecule has 128 valence electrons. The van der Waals surface area contributed by atoms with Crippen LogP contribution >= 0.6 is 0 Å². The fourth-order valence-corrected chi connectivity index (χ4v) is 2.32. The van der Waals surface area contributed by atoms with Crippen LogP contribution < -0.4 is 0 Å². The normalized spacial score (nSPS) is 16.8. The van der Waals surface area contributed by atoms with Gasteiger partial charge in [-0.15, -0.1) is 0 Å². The number of nitrogens with zero attached hydrogens (tertiary/aromatic N) is 6. The third-order valence-corrected chi connectivity index (χ3v) is 3.58. The van der Waals surface area contributed by atoms with Gasteiger partial charge in [-0.25, -0.2) is 4.79 Å². The van der Waals surface area contributed by atoms with E-state index in [0.29, 0.717) is 5.56 Å². The average molecular weight is 344 g/mol. The van der Waals surface area contributed by atoms with Gasteiger partial charge in [0.15, 0.2) is 0 Å². The van der Waals surface area contributed by atoms with E-state index < -0.39 is 29.0 Å². The van der Waals surface area contributed by atoms with E-state index in [0.717, 1.165) is 4.90 Å². The molecule has 0 N–H and O–H groups in total. The summed E-state index contributed by atoms with van der Waals surface area (Å²) in [6, 6.07) is 6.75. The second-order valence-corrected chi connectivity index (χ2v) is 5.13. The van der Waals surface area contributed by atoms with Gasteiger partial charge in [0.05, 0.1) is 23.5 Å². The average Bonchev–Trinajstić information content (AvgIpc) is 2.59. The molecule has 0 aliphatic carbocycles. The minimum atomic E-state index is -1.48. The zero-order chi connectivity index (χ0) is 18.4. The second kappa shape index (κ2) is 7.76. The lowest BCUT2D eigenvalue weighted by Crippen LogP contribution is -2.59. The molecule has 1 aliphatic rings. The summed E-state index contributed by atoms with van der Waals surface area (Å²) in [6.45, 7) is -0.209. The van der Waals surface area contributed by atoms with Crippen LogP contribution in [0, 0.1) is 21.4 Å². The number of benzene rings is 1. The van der Waals surface area contributed by atoms with E-state index in [1.54, 1.807) is 0 Å². The first-order chi connectivity index (χ1) is 12.0. The van der Waals surface area contributed by atoms with Gasteiger partial charge in [-0.3, -0.25) is 14.9 Å². The fourth-order valence-electron chi connectivity index (χ4n) is 2.32. The van der Waals surface area contributed by atoms with Crippen molar-refractivity contribution in [3.63, 3.8) is 0 Å². The number of nitriles is 1. The highest BCUT2D eigenvalue weighted by Gasteiger charge is 2.43. The molecule has 2 unspecified atom stereocenters. The van der Waals surface area contributed by atoms with Crippen molar-refractivity contribution in [1.82, 2.24) is 4.90 Å². The van der Waals surface area contributed by atoms with Crippen molar-refractivity contribution >= 4 is 17.6 Å². The molecule has 1 aromatic rings. The smallest absolute Gasteiger partial charge is 0.335 e. The van der Waals surface area contributed by atoms with Crippen LogP contribution in [0.15, 0.2) is 29.4 Å². The van der Waals surface area contributed by atoms with Crippen molar-refractivity contribution < 1.29 is 19.2 Å². The number of likely N-dealkylation sites (tertiary alicyclic amines) is 1. The highest BCUT2D eigenvalue weighted by molar-refractivity contribution is 5.89. The van der Waals surface area contributed by atoms with E-state index in [2.05, 4.69) is 10.0 Å². The molecular formula is C14H12N6O5. The van der Waals surface area contributed by atoms with E-state index in [4.69, 9.17) is 15.5 Å². The van der Waals surface area contributed by atoms with Gasteiger partial charge in [-0.05, 0) is 23.2 Å². The molecule has 0 radical (unpaired) electrons. The van der Waals surface area contributed by atoms with E-state index in [1.165, 1.54) is 24.3 Å². The van der Waals surface area contributed by atoms with Gasteiger partial charge in [-0.2, -0.15) is 5.26 Å². The topological polar surface area (TPSA) is 162 Å². The number of hydrogen-bond donors (Lipinski definition) is 0. The molecule has 1 amide bonds. The predicted molar refractivity (Wildman–Crippen MR) is 81.3 cm³/mol. The van der Waals surface area contributed by atoms with Crippen molar-refractivity contribution in [3.8, 4) is 6.07 Å². The van der Waals surface area contributed by atoms with E-state index in [-0.39, 0.29) is 25.1 Å². The number of esters is 1. The van der Waals surface area contributed by atoms with Gasteiger partial charge in [0.2, 0.25) is 12.1 Å². The summed E-state index contributed by atoms with van der Waals surface area (Å²) in [6.07, 6.45) is -1.37. The highest BCUT2D eigenvalue weighted by Crippen LogP contribution is 2.26. The molecule has 11 heteroatoms. The lowest BCUT2D eigenvalue weighted by molar-refractivity contribution is -0.384. The van der Waals surface area contributed by atoms with Crippen LogP contribution in [0.25, 0.3) is 10.4 Å². The third-order valence-electron chi connectivity index (χ3n) is 3.58. The lowest BCUT2D eigenvalue weighted by atomic mass is 9.98. The summed E-state index contributed by atoms with van der Waals surface area (Å²) in [5, 5.41) is 22.6. The van der Waals surface area contributed by atoms with Crippen molar-refractivity contribution in [1.29, 1.82) is 5.26 Å². The van der Waals surface area contributed by atoms with Crippen LogP contribution in [0.2, 0.25) is 0 Å². The van der Waals surface area contributed by atoms with Crippen molar-refractivity contribution in [3.05, 3.63) is 50.4 Å². The molecule has 0 bridgehead atoms. The molecular weight excluding hydrogens is 332 g/mol. The van der Waals surface area contributed by atoms with Crippen molar-refractivity contribution in [2.45, 2.75) is 31.7 Å². The number of ether oxygens (including phenoxy) is 1. The minimum absolute atomic E-state index is 0.0127. The van der Waals surface area contributed by atoms with Crippen molar-refractivity contribution in [2.24, 2.45) is 5.11 Å². The third kappa shape index (κ3) is 4.01. The number of carbonyl (C=O) groups excluding carboxylic acids is 2. The van der Waals surface area contributed by atoms with Crippen LogP contribution in [0.1, 0.15) is 18.4 Å². The van der Waals surface area contributed by atoms with E-state index >= 15 is 0 Å². The first-order valence-electron chi connectivity index (χ1n) is 7.10. The van der Waals surface area contributed by atoms with E-state index in [1.807, 2.05) is 6.07 Å². The molecule has 1 aromatic carbocycles. The van der Waals surface area contributed by atoms with Gasteiger partial charge < -0.3 is 9.64 Å². The molecule has 1 aliphatic heterocycles. The molecule has 1 saturated heterocycles. The zero-order valence-corrected chi connectivity index (χ0v) is 12.8.